The van der Waals surface area contributed by atoms with Crippen LogP contribution in [0.2, 0.25) is 0 Å². The molecular formula is C21H35N3O2. The Morgan fingerprint density at radius 2 is 2.00 bits per heavy atom. The molecule has 2 heterocycles. The van der Waals surface area contributed by atoms with Gasteiger partial charge in [0, 0.05) is 23.9 Å². The lowest BCUT2D eigenvalue weighted by Gasteiger charge is -2.32. The smallest absolute Gasteiger partial charge is 0.220 e. The van der Waals surface area contributed by atoms with Gasteiger partial charge in [-0.15, -0.1) is 0 Å². The highest BCUT2D eigenvalue weighted by Gasteiger charge is 2.29. The van der Waals surface area contributed by atoms with E-state index in [9.17, 15) is 4.79 Å². The molecule has 5 heteroatoms. The second-order valence-electron chi connectivity index (χ2n) is 9.26. The van der Waals surface area contributed by atoms with Crippen LogP contribution in [0, 0.1) is 11.8 Å². The molecule has 0 aromatic carbocycles. The molecule has 0 spiro atoms. The molecule has 1 saturated carbocycles. The van der Waals surface area contributed by atoms with E-state index in [4.69, 9.17) is 4.52 Å². The molecule has 1 aromatic rings. The summed E-state index contributed by atoms with van der Waals surface area (Å²) >= 11 is 0. The van der Waals surface area contributed by atoms with Crippen LogP contribution in [0.4, 0.5) is 0 Å². The topological polar surface area (TPSA) is 67.2 Å². The maximum atomic E-state index is 12.5. The summed E-state index contributed by atoms with van der Waals surface area (Å²) < 4.78 is 5.54. The second-order valence-corrected chi connectivity index (χ2v) is 9.26. The summed E-state index contributed by atoms with van der Waals surface area (Å²) in [7, 11) is 0. The molecule has 26 heavy (non-hydrogen) atoms. The van der Waals surface area contributed by atoms with Gasteiger partial charge in [-0.05, 0) is 50.6 Å². The zero-order valence-electron chi connectivity index (χ0n) is 16.6. The van der Waals surface area contributed by atoms with E-state index >= 15 is 0 Å². The molecule has 1 aliphatic heterocycles. The normalized spacial score (nSPS) is 25.2. The van der Waals surface area contributed by atoms with Crippen molar-refractivity contribution < 1.29 is 9.32 Å². The lowest BCUT2D eigenvalue weighted by molar-refractivity contribution is -0.123. The molecule has 2 aliphatic rings. The molecule has 1 aromatic heterocycles. The molecule has 2 fully saturated rings. The van der Waals surface area contributed by atoms with Crippen LogP contribution in [0.15, 0.2) is 10.6 Å². The third-order valence-electron chi connectivity index (χ3n) is 5.95. The molecule has 2 N–H and O–H groups in total. The minimum absolute atomic E-state index is 0.0185. The van der Waals surface area contributed by atoms with Gasteiger partial charge < -0.3 is 15.2 Å². The maximum absolute atomic E-state index is 12.5. The third-order valence-corrected chi connectivity index (χ3v) is 5.95. The van der Waals surface area contributed by atoms with Crippen molar-refractivity contribution in [3.63, 3.8) is 0 Å². The van der Waals surface area contributed by atoms with E-state index in [-0.39, 0.29) is 11.3 Å². The molecule has 0 unspecified atom stereocenters. The largest absolute Gasteiger partial charge is 0.361 e. The summed E-state index contributed by atoms with van der Waals surface area (Å²) in [5, 5.41) is 11.0. The van der Waals surface area contributed by atoms with Gasteiger partial charge >= 0.3 is 0 Å². The van der Waals surface area contributed by atoms with E-state index < -0.39 is 0 Å². The van der Waals surface area contributed by atoms with Crippen LogP contribution in [-0.4, -0.2) is 30.2 Å². The Morgan fingerprint density at radius 3 is 2.69 bits per heavy atom. The van der Waals surface area contributed by atoms with Gasteiger partial charge in [0.15, 0.2) is 0 Å². The molecule has 3 rings (SSSR count). The Morgan fingerprint density at radius 1 is 1.23 bits per heavy atom. The first-order valence-electron chi connectivity index (χ1n) is 10.4. The van der Waals surface area contributed by atoms with Gasteiger partial charge in [-0.3, -0.25) is 4.79 Å². The minimum Gasteiger partial charge on any atom is -0.361 e. The van der Waals surface area contributed by atoms with Crippen molar-refractivity contribution in [2.45, 2.75) is 83.6 Å². The number of amides is 1. The Balaban J connectivity index is 1.55. The molecule has 1 saturated heterocycles. The van der Waals surface area contributed by atoms with Gasteiger partial charge in [0.05, 0.1) is 5.69 Å². The van der Waals surface area contributed by atoms with Crippen LogP contribution in [0.25, 0.3) is 0 Å². The number of aromatic nitrogens is 1. The van der Waals surface area contributed by atoms with Gasteiger partial charge in [-0.2, -0.15) is 0 Å². The summed E-state index contributed by atoms with van der Waals surface area (Å²) in [4.78, 5) is 12.5. The quantitative estimate of drug-likeness (QED) is 0.841. The van der Waals surface area contributed by atoms with Crippen molar-refractivity contribution in [2.75, 3.05) is 13.1 Å². The molecule has 2 atom stereocenters. The minimum atomic E-state index is -0.0185. The highest BCUT2D eigenvalue weighted by atomic mass is 16.5. The fraction of sp³-hybridized carbons (Fsp3) is 0.810. The van der Waals surface area contributed by atoms with Crippen LogP contribution in [0.5, 0.6) is 0 Å². The molecular weight excluding hydrogens is 326 g/mol. The molecule has 0 radical (unpaired) electrons. The summed E-state index contributed by atoms with van der Waals surface area (Å²) in [5.74, 6) is 2.04. The highest BCUT2D eigenvalue weighted by Crippen LogP contribution is 2.29. The van der Waals surface area contributed by atoms with E-state index in [0.29, 0.717) is 24.3 Å². The number of nitrogens with zero attached hydrogens (tertiary/aromatic N) is 1. The first-order valence-corrected chi connectivity index (χ1v) is 10.4. The monoisotopic (exact) mass is 361 g/mol. The van der Waals surface area contributed by atoms with E-state index in [0.717, 1.165) is 50.2 Å². The predicted molar refractivity (Wildman–Crippen MR) is 103 cm³/mol. The van der Waals surface area contributed by atoms with E-state index in [2.05, 4.69) is 42.6 Å². The van der Waals surface area contributed by atoms with Crippen molar-refractivity contribution in [3.8, 4) is 0 Å². The number of carbonyl (C=O) groups excluding carboxylic acids is 1. The lowest BCUT2D eigenvalue weighted by atomic mass is 9.80. The van der Waals surface area contributed by atoms with Crippen LogP contribution < -0.4 is 10.6 Å². The van der Waals surface area contributed by atoms with Gasteiger partial charge in [0.2, 0.25) is 5.91 Å². The van der Waals surface area contributed by atoms with Gasteiger partial charge in [0.25, 0.3) is 0 Å². The number of hydrogen-bond acceptors (Lipinski definition) is 4. The van der Waals surface area contributed by atoms with E-state index in [1.165, 1.54) is 19.3 Å². The Bertz CT molecular complexity index is 584. The zero-order valence-corrected chi connectivity index (χ0v) is 16.6. The summed E-state index contributed by atoms with van der Waals surface area (Å²) in [6, 6.07) is 2.50. The van der Waals surface area contributed by atoms with Crippen LogP contribution in [0.3, 0.4) is 0 Å². The number of nitrogens with one attached hydrogen (secondary N) is 2. The summed E-state index contributed by atoms with van der Waals surface area (Å²) in [5.41, 5.74) is 0.997. The first-order chi connectivity index (χ1) is 12.4. The third kappa shape index (κ3) is 5.32. The van der Waals surface area contributed by atoms with Gasteiger partial charge in [0.1, 0.15) is 5.76 Å². The molecule has 0 bridgehead atoms. The van der Waals surface area contributed by atoms with E-state index in [1.807, 2.05) is 0 Å². The van der Waals surface area contributed by atoms with E-state index in [1.54, 1.807) is 0 Å². The average molecular weight is 362 g/mol. The maximum Gasteiger partial charge on any atom is 0.220 e. The fourth-order valence-corrected chi connectivity index (χ4v) is 4.29. The van der Waals surface area contributed by atoms with Crippen LogP contribution >= 0.6 is 0 Å². The molecule has 1 aliphatic carbocycles. The van der Waals surface area contributed by atoms with Gasteiger partial charge in [-0.1, -0.05) is 45.2 Å². The lowest BCUT2D eigenvalue weighted by Crippen LogP contribution is -2.42. The molecule has 146 valence electrons. The Kier molecular flexibility index (Phi) is 6.38. The fourth-order valence-electron chi connectivity index (χ4n) is 4.29. The number of rotatable bonds is 5. The molecule has 1 amide bonds. The average Bonchev–Trinajstić information content (AvgIpc) is 3.06. The highest BCUT2D eigenvalue weighted by molar-refractivity contribution is 5.76. The van der Waals surface area contributed by atoms with Crippen molar-refractivity contribution >= 4 is 5.91 Å². The van der Waals surface area contributed by atoms with Crippen LogP contribution in [0.1, 0.15) is 77.2 Å². The zero-order chi connectivity index (χ0) is 18.6. The van der Waals surface area contributed by atoms with Crippen molar-refractivity contribution in [2.24, 2.45) is 11.8 Å². The standard InChI is InChI=1S/C21H35N3O2/c1-21(2,3)19-13-18(24-26-19)11-16-14-22-10-9-15(16)12-20(25)23-17-7-5-4-6-8-17/h13,15-17,22H,4-12,14H2,1-3H3,(H,23,25)/t15-,16-/m0/s1. The molecule has 5 nitrogen and oxygen atoms in total. The Labute approximate surface area is 157 Å². The first kappa shape index (κ1) is 19.4. The summed E-state index contributed by atoms with van der Waals surface area (Å²) in [6.45, 7) is 8.37. The van der Waals surface area contributed by atoms with Crippen LogP contribution in [-0.2, 0) is 16.6 Å². The van der Waals surface area contributed by atoms with Crippen molar-refractivity contribution in [1.82, 2.24) is 15.8 Å². The van der Waals surface area contributed by atoms with Crippen molar-refractivity contribution in [1.29, 1.82) is 0 Å². The second kappa shape index (κ2) is 8.55. The van der Waals surface area contributed by atoms with Crippen molar-refractivity contribution in [3.05, 3.63) is 17.5 Å². The number of carbonyl (C=O) groups is 1. The SMILES string of the molecule is CC(C)(C)c1cc(C[C@H]2CNCC[C@H]2CC(=O)NC2CCCCC2)no1. The summed E-state index contributed by atoms with van der Waals surface area (Å²) in [6.07, 6.45) is 8.71. The number of piperidine rings is 1. The van der Waals surface area contributed by atoms with Gasteiger partial charge in [-0.25, -0.2) is 0 Å². The predicted octanol–water partition coefficient (Wildman–Crippen LogP) is 3.58. The number of hydrogen-bond donors (Lipinski definition) is 2. The Hall–Kier alpha value is -1.36.